The van der Waals surface area contributed by atoms with Crippen LogP contribution in [0.3, 0.4) is 0 Å². The third-order valence-corrected chi connectivity index (χ3v) is 5.78. The van der Waals surface area contributed by atoms with Gasteiger partial charge in [0.2, 0.25) is 0 Å². The summed E-state index contributed by atoms with van der Waals surface area (Å²) in [6.07, 6.45) is 1.39. The van der Waals surface area contributed by atoms with E-state index in [-0.39, 0.29) is 18.2 Å². The highest BCUT2D eigenvalue weighted by Gasteiger charge is 2.20. The number of nitrogens with zero attached hydrogens (tertiary/aromatic N) is 2. The number of benzene rings is 1. The first-order valence-corrected chi connectivity index (χ1v) is 12.5. The van der Waals surface area contributed by atoms with Crippen molar-refractivity contribution in [3.63, 3.8) is 0 Å². The molecule has 2 N–H and O–H groups in total. The van der Waals surface area contributed by atoms with E-state index in [9.17, 15) is 14.0 Å². The zero-order chi connectivity index (χ0) is 19.3. The maximum absolute atomic E-state index is 12.7. The second-order valence-electron chi connectivity index (χ2n) is 6.89. The van der Waals surface area contributed by atoms with Gasteiger partial charge >= 0.3 is 6.61 Å². The summed E-state index contributed by atoms with van der Waals surface area (Å²) in [6, 6.07) is 5.63. The van der Waals surface area contributed by atoms with E-state index in [1.165, 1.54) is 16.9 Å². The van der Waals surface area contributed by atoms with Gasteiger partial charge in [-0.2, -0.15) is 13.9 Å². The molecule has 0 amide bonds. The minimum Gasteiger partial charge on any atom is -0.434 e. The number of halogens is 3. The van der Waals surface area contributed by atoms with Crippen LogP contribution in [0.25, 0.3) is 11.3 Å². The third kappa shape index (κ3) is 5.76. The first kappa shape index (κ1) is 20.8. The summed E-state index contributed by atoms with van der Waals surface area (Å²) in [5.74, 6) is -0.0245. The van der Waals surface area contributed by atoms with Gasteiger partial charge in [-0.25, -0.2) is 4.68 Å². The summed E-state index contributed by atoms with van der Waals surface area (Å²) in [4.78, 5) is 0. The number of rotatable bonds is 9. The van der Waals surface area contributed by atoms with Crippen molar-refractivity contribution in [3.05, 3.63) is 28.9 Å². The average Bonchev–Trinajstić information content (AvgIpc) is 2.94. The Morgan fingerprint density at radius 3 is 2.69 bits per heavy atom. The minimum atomic E-state index is -2.97. The van der Waals surface area contributed by atoms with Crippen molar-refractivity contribution in [1.29, 1.82) is 0 Å². The van der Waals surface area contributed by atoms with Gasteiger partial charge in [0, 0.05) is 24.7 Å². The summed E-state index contributed by atoms with van der Waals surface area (Å²) >= 11 is 3.32. The van der Waals surface area contributed by atoms with Gasteiger partial charge in [0.1, 0.15) is 23.9 Å². The van der Waals surface area contributed by atoms with Crippen LogP contribution >= 0.6 is 15.9 Å². The summed E-state index contributed by atoms with van der Waals surface area (Å²) in [6.45, 7) is 4.49. The molecule has 0 radical (unpaired) electrons. The molecule has 10 heteroatoms. The van der Waals surface area contributed by atoms with Crippen LogP contribution in [0.5, 0.6) is 5.75 Å². The van der Waals surface area contributed by atoms with E-state index in [1.54, 1.807) is 12.1 Å². The smallest absolute Gasteiger partial charge is 0.387 e. The quantitative estimate of drug-likeness (QED) is 0.319. The van der Waals surface area contributed by atoms with Crippen molar-refractivity contribution in [2.45, 2.75) is 39.0 Å². The molecule has 6 nitrogen and oxygen atoms in total. The van der Waals surface area contributed by atoms with Gasteiger partial charge in [-0.05, 0) is 24.2 Å². The molecule has 26 heavy (non-hydrogen) atoms. The Morgan fingerprint density at radius 2 is 2.08 bits per heavy atom. The van der Waals surface area contributed by atoms with Crippen LogP contribution in [-0.4, -0.2) is 36.3 Å². The number of aromatic nitrogens is 2. The SMILES string of the molecule is C[Si](C)(C)CCOCn1ncc(NO)c1-c1cc(Br)ccc1OC(F)F. The zero-order valence-electron chi connectivity index (χ0n) is 14.8. The molecule has 2 aromatic rings. The highest BCUT2D eigenvalue weighted by Crippen LogP contribution is 2.37. The summed E-state index contributed by atoms with van der Waals surface area (Å²) in [5, 5.41) is 13.5. The van der Waals surface area contributed by atoms with Crippen molar-refractivity contribution in [2.24, 2.45) is 0 Å². The van der Waals surface area contributed by atoms with E-state index in [4.69, 9.17) is 4.74 Å². The normalized spacial score (nSPS) is 11.8. The molecule has 0 spiro atoms. The number of alkyl halides is 2. The number of anilines is 1. The Labute approximate surface area is 160 Å². The largest absolute Gasteiger partial charge is 0.434 e. The predicted molar refractivity (Wildman–Crippen MR) is 102 cm³/mol. The lowest BCUT2D eigenvalue weighted by atomic mass is 10.1. The molecule has 1 aromatic heterocycles. The van der Waals surface area contributed by atoms with Crippen LogP contribution in [0.1, 0.15) is 0 Å². The monoisotopic (exact) mass is 449 g/mol. The Bertz CT molecular complexity index is 738. The van der Waals surface area contributed by atoms with Crippen LogP contribution in [0.15, 0.2) is 28.9 Å². The zero-order valence-corrected chi connectivity index (χ0v) is 17.4. The molecule has 0 saturated heterocycles. The number of hydrogen-bond acceptors (Lipinski definition) is 5. The van der Waals surface area contributed by atoms with Crippen LogP contribution in [0.2, 0.25) is 25.7 Å². The molecular weight excluding hydrogens is 428 g/mol. The van der Waals surface area contributed by atoms with Gasteiger partial charge in [0.25, 0.3) is 0 Å². The van der Waals surface area contributed by atoms with Gasteiger partial charge < -0.3 is 9.47 Å². The topological polar surface area (TPSA) is 68.5 Å². The van der Waals surface area contributed by atoms with Gasteiger partial charge in [0.15, 0.2) is 0 Å². The number of nitrogens with one attached hydrogen (secondary N) is 1. The van der Waals surface area contributed by atoms with Crippen LogP contribution in [0.4, 0.5) is 14.5 Å². The van der Waals surface area contributed by atoms with Gasteiger partial charge in [-0.15, -0.1) is 0 Å². The van der Waals surface area contributed by atoms with E-state index < -0.39 is 14.7 Å². The summed E-state index contributed by atoms with van der Waals surface area (Å²) in [5.41, 5.74) is 3.04. The molecule has 0 atom stereocenters. The van der Waals surface area contributed by atoms with E-state index in [1.807, 2.05) is 5.48 Å². The predicted octanol–water partition coefficient (Wildman–Crippen LogP) is 5.03. The lowest BCUT2D eigenvalue weighted by Crippen LogP contribution is -2.22. The Kier molecular flexibility index (Phi) is 7.15. The summed E-state index contributed by atoms with van der Waals surface area (Å²) < 4.78 is 37.9. The molecule has 0 unspecified atom stereocenters. The standard InChI is InChI=1S/C16H22BrF2N3O3Si/c1-26(2,3)7-6-24-10-22-15(13(21-23)9-20-22)12-8-11(17)4-5-14(12)25-16(18)19/h4-5,8-9,16,21,23H,6-7,10H2,1-3H3. The van der Waals surface area contributed by atoms with E-state index in [2.05, 4.69) is 45.4 Å². The fourth-order valence-electron chi connectivity index (χ4n) is 2.26. The Balaban J connectivity index is 2.31. The fraction of sp³-hybridized carbons (Fsp3) is 0.438. The molecule has 1 heterocycles. The van der Waals surface area contributed by atoms with Crippen molar-refractivity contribution >= 4 is 29.7 Å². The fourth-order valence-corrected chi connectivity index (χ4v) is 3.38. The van der Waals surface area contributed by atoms with Crippen molar-refractivity contribution in [2.75, 3.05) is 12.1 Å². The van der Waals surface area contributed by atoms with E-state index >= 15 is 0 Å². The van der Waals surface area contributed by atoms with Crippen molar-refractivity contribution in [3.8, 4) is 17.0 Å². The van der Waals surface area contributed by atoms with Crippen LogP contribution in [0, 0.1) is 0 Å². The molecule has 144 valence electrons. The molecule has 2 rings (SSSR count). The molecule has 0 aliphatic rings. The lowest BCUT2D eigenvalue weighted by molar-refractivity contribution is -0.0495. The summed E-state index contributed by atoms with van der Waals surface area (Å²) in [7, 11) is -1.23. The lowest BCUT2D eigenvalue weighted by Gasteiger charge is -2.17. The van der Waals surface area contributed by atoms with Crippen molar-refractivity contribution in [1.82, 2.24) is 9.78 Å². The van der Waals surface area contributed by atoms with Crippen LogP contribution < -0.4 is 10.2 Å². The highest BCUT2D eigenvalue weighted by atomic mass is 79.9. The molecule has 0 saturated carbocycles. The average molecular weight is 450 g/mol. The molecule has 0 aliphatic carbocycles. The van der Waals surface area contributed by atoms with Crippen molar-refractivity contribution < 1.29 is 23.5 Å². The molecule has 1 aromatic carbocycles. The molecular formula is C16H22BrF2N3O3Si. The second kappa shape index (κ2) is 8.93. The van der Waals surface area contributed by atoms with Crippen LogP contribution in [-0.2, 0) is 11.5 Å². The third-order valence-electron chi connectivity index (χ3n) is 3.58. The number of hydrogen-bond donors (Lipinski definition) is 2. The van der Waals surface area contributed by atoms with E-state index in [0.29, 0.717) is 22.3 Å². The molecule has 0 bridgehead atoms. The van der Waals surface area contributed by atoms with E-state index in [0.717, 1.165) is 6.04 Å². The highest BCUT2D eigenvalue weighted by molar-refractivity contribution is 9.10. The maximum Gasteiger partial charge on any atom is 0.387 e. The molecule has 0 aliphatic heterocycles. The minimum absolute atomic E-state index is 0.0245. The second-order valence-corrected chi connectivity index (χ2v) is 13.4. The first-order chi connectivity index (χ1) is 12.2. The first-order valence-electron chi connectivity index (χ1n) is 7.99. The number of ether oxygens (including phenoxy) is 2. The van der Waals surface area contributed by atoms with Gasteiger partial charge in [-0.1, -0.05) is 35.6 Å². The molecule has 0 fully saturated rings. The Morgan fingerprint density at radius 1 is 1.35 bits per heavy atom. The van der Waals surface area contributed by atoms with Gasteiger partial charge in [0.05, 0.1) is 6.20 Å². The van der Waals surface area contributed by atoms with Gasteiger partial charge in [-0.3, -0.25) is 10.7 Å². The maximum atomic E-state index is 12.7. The Hall–Kier alpha value is -1.49.